The summed E-state index contributed by atoms with van der Waals surface area (Å²) in [6.45, 7) is 4.93. The summed E-state index contributed by atoms with van der Waals surface area (Å²) in [6, 6.07) is 5.68. The van der Waals surface area contributed by atoms with E-state index in [-0.39, 0.29) is 19.1 Å². The van der Waals surface area contributed by atoms with Crippen molar-refractivity contribution in [2.45, 2.75) is 39.5 Å². The molecule has 23 heavy (non-hydrogen) atoms. The second kappa shape index (κ2) is 9.03. The molecule has 1 aromatic carbocycles. The van der Waals surface area contributed by atoms with Crippen molar-refractivity contribution in [3.8, 4) is 5.75 Å². The van der Waals surface area contributed by atoms with Gasteiger partial charge < -0.3 is 19.1 Å². The van der Waals surface area contributed by atoms with Gasteiger partial charge >= 0.3 is 13.5 Å². The molecule has 0 saturated heterocycles. The van der Waals surface area contributed by atoms with Crippen molar-refractivity contribution in [1.82, 2.24) is 5.09 Å². The number of carbonyl (C=O) groups is 1. The minimum atomic E-state index is -3.45. The summed E-state index contributed by atoms with van der Waals surface area (Å²) in [7, 11) is -2.06. The molecule has 130 valence electrons. The van der Waals surface area contributed by atoms with Gasteiger partial charge in [0.15, 0.2) is 0 Å². The minimum absolute atomic E-state index is 0.0909. The molecule has 0 amide bonds. The van der Waals surface area contributed by atoms with E-state index in [1.165, 1.54) is 7.11 Å². The van der Waals surface area contributed by atoms with Crippen molar-refractivity contribution in [2.75, 3.05) is 13.5 Å². The molecule has 0 aliphatic heterocycles. The van der Waals surface area contributed by atoms with Gasteiger partial charge in [0.1, 0.15) is 18.1 Å². The van der Waals surface area contributed by atoms with Crippen LogP contribution >= 0.6 is 7.52 Å². The predicted octanol–water partition coefficient (Wildman–Crippen LogP) is 2.28. The maximum Gasteiger partial charge on any atom is 0.342 e. The lowest BCUT2D eigenvalue weighted by Crippen LogP contribution is -2.36. The maximum atomic E-state index is 12.8. The van der Waals surface area contributed by atoms with Crippen LogP contribution in [0.2, 0.25) is 0 Å². The SMILES string of the molecule is COCP(=O)(N[C@@H](C)C(=O)OC(C)C)Oc1ccc(CO)cc1. The van der Waals surface area contributed by atoms with Gasteiger partial charge in [-0.25, -0.2) is 5.09 Å². The third-order valence-electron chi connectivity index (χ3n) is 2.75. The van der Waals surface area contributed by atoms with Gasteiger partial charge in [0, 0.05) is 7.11 Å². The number of ether oxygens (including phenoxy) is 2. The van der Waals surface area contributed by atoms with Gasteiger partial charge in [-0.15, -0.1) is 0 Å². The van der Waals surface area contributed by atoms with Crippen LogP contribution in [0.25, 0.3) is 0 Å². The Kier molecular flexibility index (Phi) is 7.72. The molecular formula is C15H24NO6P. The van der Waals surface area contributed by atoms with Gasteiger partial charge in [0.2, 0.25) is 0 Å². The summed E-state index contributed by atoms with van der Waals surface area (Å²) >= 11 is 0. The summed E-state index contributed by atoms with van der Waals surface area (Å²) in [4.78, 5) is 11.8. The standard InChI is InChI=1S/C15H24NO6P/c1-11(2)21-15(18)12(3)16-23(19,10-20-4)22-14-7-5-13(9-17)6-8-14/h5-8,11-12,17H,9-10H2,1-4H3,(H,16,19)/t12-,23?/m0/s1. The molecule has 0 aliphatic carbocycles. The highest BCUT2D eigenvalue weighted by molar-refractivity contribution is 7.57. The van der Waals surface area contributed by atoms with Crippen LogP contribution in [0.1, 0.15) is 26.3 Å². The van der Waals surface area contributed by atoms with Crippen LogP contribution < -0.4 is 9.61 Å². The second-order valence-corrected chi connectivity index (χ2v) is 7.37. The molecule has 1 unspecified atom stereocenters. The molecule has 0 aromatic heterocycles. The van der Waals surface area contributed by atoms with E-state index in [9.17, 15) is 9.36 Å². The smallest absolute Gasteiger partial charge is 0.342 e. The molecule has 0 fully saturated rings. The lowest BCUT2D eigenvalue weighted by atomic mass is 10.2. The lowest BCUT2D eigenvalue weighted by molar-refractivity contribution is -0.149. The quantitative estimate of drug-likeness (QED) is 0.524. The largest absolute Gasteiger partial charge is 0.462 e. The van der Waals surface area contributed by atoms with Gasteiger partial charge in [0.05, 0.1) is 12.7 Å². The summed E-state index contributed by atoms with van der Waals surface area (Å²) in [5.74, 6) is -0.171. The molecule has 8 heteroatoms. The number of benzene rings is 1. The Bertz CT molecular complexity index is 545. The summed E-state index contributed by atoms with van der Waals surface area (Å²) < 4.78 is 28.3. The van der Waals surface area contributed by atoms with Crippen LogP contribution in [0.4, 0.5) is 0 Å². The zero-order chi connectivity index (χ0) is 17.5. The highest BCUT2D eigenvalue weighted by Crippen LogP contribution is 2.43. The molecule has 1 rings (SSSR count). The first-order valence-electron chi connectivity index (χ1n) is 7.25. The van der Waals surface area contributed by atoms with Crippen molar-refractivity contribution in [1.29, 1.82) is 0 Å². The fourth-order valence-corrected chi connectivity index (χ4v) is 3.45. The minimum Gasteiger partial charge on any atom is -0.462 e. The zero-order valence-corrected chi connectivity index (χ0v) is 14.7. The van der Waals surface area contributed by atoms with E-state index in [1.54, 1.807) is 45.0 Å². The Morgan fingerprint density at radius 2 is 1.87 bits per heavy atom. The van der Waals surface area contributed by atoms with Gasteiger partial charge in [-0.05, 0) is 38.5 Å². The summed E-state index contributed by atoms with van der Waals surface area (Å²) in [5, 5.41) is 11.7. The molecule has 0 spiro atoms. The number of hydrogen-bond acceptors (Lipinski definition) is 6. The van der Waals surface area contributed by atoms with Crippen LogP contribution in [0.15, 0.2) is 24.3 Å². The highest BCUT2D eigenvalue weighted by atomic mass is 31.2. The van der Waals surface area contributed by atoms with E-state index in [4.69, 9.17) is 19.1 Å². The van der Waals surface area contributed by atoms with E-state index >= 15 is 0 Å². The van der Waals surface area contributed by atoms with Crippen LogP contribution in [-0.4, -0.2) is 36.7 Å². The van der Waals surface area contributed by atoms with Crippen LogP contribution in [0.3, 0.4) is 0 Å². The molecule has 0 radical (unpaired) electrons. The molecule has 1 aromatic rings. The Hall–Kier alpha value is -1.40. The van der Waals surface area contributed by atoms with Crippen LogP contribution in [0, 0.1) is 0 Å². The number of nitrogens with one attached hydrogen (secondary N) is 1. The fourth-order valence-electron chi connectivity index (χ4n) is 1.77. The zero-order valence-electron chi connectivity index (χ0n) is 13.8. The monoisotopic (exact) mass is 345 g/mol. The first-order chi connectivity index (χ1) is 10.8. The van der Waals surface area contributed by atoms with Crippen molar-refractivity contribution in [3.63, 3.8) is 0 Å². The molecule has 7 nitrogen and oxygen atoms in total. The Morgan fingerprint density at radius 1 is 1.26 bits per heavy atom. The molecule has 0 aliphatic rings. The number of carbonyl (C=O) groups excluding carboxylic acids is 1. The van der Waals surface area contributed by atoms with Crippen molar-refractivity contribution in [3.05, 3.63) is 29.8 Å². The molecular weight excluding hydrogens is 321 g/mol. The summed E-state index contributed by atoms with van der Waals surface area (Å²) in [5.41, 5.74) is 0.709. The molecule has 0 heterocycles. The maximum absolute atomic E-state index is 12.8. The third kappa shape index (κ3) is 6.71. The van der Waals surface area contributed by atoms with E-state index in [0.717, 1.165) is 0 Å². The van der Waals surface area contributed by atoms with Gasteiger partial charge in [-0.1, -0.05) is 12.1 Å². The average Bonchev–Trinajstić information content (AvgIpc) is 2.47. The molecule has 0 bridgehead atoms. The third-order valence-corrected chi connectivity index (χ3v) is 4.64. The highest BCUT2D eigenvalue weighted by Gasteiger charge is 2.30. The lowest BCUT2D eigenvalue weighted by Gasteiger charge is -2.23. The van der Waals surface area contributed by atoms with Crippen molar-refractivity contribution < 1.29 is 28.5 Å². The van der Waals surface area contributed by atoms with Crippen LogP contribution in [0.5, 0.6) is 5.75 Å². The Morgan fingerprint density at radius 3 is 2.35 bits per heavy atom. The fraction of sp³-hybridized carbons (Fsp3) is 0.533. The predicted molar refractivity (Wildman–Crippen MR) is 86.3 cm³/mol. The number of rotatable bonds is 9. The number of methoxy groups -OCH3 is 1. The van der Waals surface area contributed by atoms with E-state index in [0.29, 0.717) is 11.3 Å². The average molecular weight is 345 g/mol. The van der Waals surface area contributed by atoms with Crippen molar-refractivity contribution >= 4 is 13.5 Å². The molecule has 2 N–H and O–H groups in total. The topological polar surface area (TPSA) is 94.1 Å². The Labute approximate surface area is 136 Å². The number of aliphatic hydroxyl groups is 1. The molecule has 2 atom stereocenters. The number of aliphatic hydroxyl groups excluding tert-OH is 1. The Balaban J connectivity index is 2.80. The number of esters is 1. The number of hydrogen-bond donors (Lipinski definition) is 2. The normalized spacial score (nSPS) is 15.0. The van der Waals surface area contributed by atoms with Crippen molar-refractivity contribution in [2.24, 2.45) is 0 Å². The second-order valence-electron chi connectivity index (χ2n) is 5.32. The van der Waals surface area contributed by atoms with Gasteiger partial charge in [-0.2, -0.15) is 0 Å². The first kappa shape index (κ1) is 19.6. The molecule has 0 saturated carbocycles. The van der Waals surface area contributed by atoms with E-state index < -0.39 is 19.5 Å². The van der Waals surface area contributed by atoms with Gasteiger partial charge in [-0.3, -0.25) is 9.36 Å². The van der Waals surface area contributed by atoms with E-state index in [1.807, 2.05) is 0 Å². The van der Waals surface area contributed by atoms with Crippen LogP contribution in [-0.2, 0) is 25.4 Å². The van der Waals surface area contributed by atoms with Gasteiger partial charge in [0.25, 0.3) is 0 Å². The first-order valence-corrected chi connectivity index (χ1v) is 9.06. The summed E-state index contributed by atoms with van der Waals surface area (Å²) in [6.07, 6.45) is -0.464. The van der Waals surface area contributed by atoms with E-state index in [2.05, 4.69) is 5.09 Å².